The van der Waals surface area contributed by atoms with Gasteiger partial charge in [-0.25, -0.2) is 13.8 Å². The number of benzene rings is 3. The van der Waals surface area contributed by atoms with E-state index in [1.54, 1.807) is 49.1 Å². The molecule has 39 heavy (non-hydrogen) atoms. The number of phenolic OH excluding ortho intramolecular Hbond substituents is 1. The van der Waals surface area contributed by atoms with Crippen molar-refractivity contribution in [2.75, 3.05) is 25.5 Å². The van der Waals surface area contributed by atoms with Crippen LogP contribution in [0.25, 0.3) is 32.8 Å². The number of carbonyl (C=O) groups excluding carboxylic acids is 1. The van der Waals surface area contributed by atoms with Gasteiger partial charge in [-0.3, -0.25) is 9.48 Å². The number of rotatable bonds is 3. The predicted molar refractivity (Wildman–Crippen MR) is 145 cm³/mol. The third-order valence-corrected chi connectivity index (χ3v) is 7.06. The monoisotopic (exact) mass is 548 g/mol. The van der Waals surface area contributed by atoms with Crippen molar-refractivity contribution < 1.29 is 18.7 Å². The van der Waals surface area contributed by atoms with Crippen molar-refractivity contribution in [3.8, 4) is 16.9 Å². The average molecular weight is 549 g/mol. The number of aromatic nitrogens is 4. The van der Waals surface area contributed by atoms with E-state index in [0.29, 0.717) is 42.5 Å². The van der Waals surface area contributed by atoms with E-state index in [-0.39, 0.29) is 44.8 Å². The van der Waals surface area contributed by atoms with Gasteiger partial charge < -0.3 is 14.9 Å². The summed E-state index contributed by atoms with van der Waals surface area (Å²) in [6.07, 6.45) is 0.658. The lowest BCUT2D eigenvalue weighted by atomic mass is 9.95. The lowest BCUT2D eigenvalue weighted by molar-refractivity contribution is 0.0821. The number of aryl methyl sites for hydroxylation is 1. The number of hydrogen-bond acceptors (Lipinski definition) is 6. The van der Waals surface area contributed by atoms with E-state index in [2.05, 4.69) is 15.1 Å². The normalized spacial score (nSPS) is 13.5. The molecular formula is C28H23ClF2N6O2. The van der Waals surface area contributed by atoms with Crippen LogP contribution in [0.4, 0.5) is 14.6 Å². The highest BCUT2D eigenvalue weighted by Gasteiger charge is 2.26. The third-order valence-electron chi connectivity index (χ3n) is 6.89. The van der Waals surface area contributed by atoms with Crippen LogP contribution in [0.5, 0.6) is 5.75 Å². The lowest BCUT2D eigenvalue weighted by Crippen LogP contribution is -2.24. The zero-order valence-corrected chi connectivity index (χ0v) is 21.9. The maximum Gasteiger partial charge on any atom is 0.273 e. The first-order valence-corrected chi connectivity index (χ1v) is 12.7. The molecule has 0 fully saturated rings. The molecule has 5 aromatic rings. The molecule has 3 heterocycles. The highest BCUT2D eigenvalue weighted by molar-refractivity contribution is 6.29. The molecule has 0 aliphatic carbocycles. The Hall–Kier alpha value is -4.31. The second-order valence-corrected chi connectivity index (χ2v) is 10.0. The van der Waals surface area contributed by atoms with Crippen molar-refractivity contribution >= 4 is 45.0 Å². The number of phenols is 1. The minimum Gasteiger partial charge on any atom is -0.508 e. The molecule has 0 unspecified atom stereocenters. The number of halogens is 3. The molecule has 0 radical (unpaired) electrons. The molecule has 3 aromatic carbocycles. The van der Waals surface area contributed by atoms with Crippen molar-refractivity contribution in [2.45, 2.75) is 19.5 Å². The molecule has 2 aromatic heterocycles. The number of hydrogen-bond donors (Lipinski definition) is 1. The number of nitrogens with zero attached hydrogens (tertiary/aromatic N) is 6. The Labute approximate surface area is 227 Å². The van der Waals surface area contributed by atoms with Crippen LogP contribution in [-0.2, 0) is 13.1 Å². The Balaban J connectivity index is 1.49. The lowest BCUT2D eigenvalue weighted by Gasteiger charge is -2.23. The number of amides is 1. The molecule has 1 amide bonds. The maximum atomic E-state index is 16.1. The Bertz CT molecular complexity index is 1790. The number of fused-ring (bicyclic) bond motifs is 3. The standard InChI is InChI=1S/C28H23ClF2N6O2/c1-35(2)27(39)22-11-16-14-36(8-5-9-37(16)34-22)26-20-13-21(30)23(24(31)25(20)32-28(29)33-26)19-12-17(38)10-15-6-3-4-7-18(15)19/h3-4,6-7,10-13,38H,5,8-9,14H2,1-2H3. The highest BCUT2D eigenvalue weighted by Crippen LogP contribution is 2.40. The molecule has 1 aliphatic heterocycles. The zero-order chi connectivity index (χ0) is 27.4. The van der Waals surface area contributed by atoms with E-state index in [4.69, 9.17) is 11.6 Å². The third kappa shape index (κ3) is 4.30. The molecule has 1 N–H and O–H groups in total. The smallest absolute Gasteiger partial charge is 0.273 e. The summed E-state index contributed by atoms with van der Waals surface area (Å²) in [5, 5.41) is 15.9. The van der Waals surface area contributed by atoms with Gasteiger partial charge in [0.25, 0.3) is 5.91 Å². The summed E-state index contributed by atoms with van der Waals surface area (Å²) in [6, 6.07) is 12.8. The molecule has 8 nitrogen and oxygen atoms in total. The zero-order valence-electron chi connectivity index (χ0n) is 21.1. The van der Waals surface area contributed by atoms with E-state index >= 15 is 8.78 Å². The molecule has 11 heteroatoms. The van der Waals surface area contributed by atoms with Crippen LogP contribution in [0.3, 0.4) is 0 Å². The van der Waals surface area contributed by atoms with E-state index in [1.807, 2.05) is 4.90 Å². The summed E-state index contributed by atoms with van der Waals surface area (Å²) in [5.74, 6) is -1.76. The minimum absolute atomic E-state index is 0.114. The SMILES string of the molecule is CN(C)C(=O)c1cc2n(n1)CCCN(c1nc(Cl)nc3c(F)c(-c4cc(O)cc5ccccc45)c(F)cc13)C2. The van der Waals surface area contributed by atoms with Crippen molar-refractivity contribution in [1.29, 1.82) is 0 Å². The summed E-state index contributed by atoms with van der Waals surface area (Å²) in [7, 11) is 3.32. The minimum atomic E-state index is -0.898. The van der Waals surface area contributed by atoms with Gasteiger partial charge in [0, 0.05) is 32.6 Å². The first-order valence-electron chi connectivity index (χ1n) is 12.3. The molecule has 0 bridgehead atoms. The fourth-order valence-electron chi connectivity index (χ4n) is 5.12. The Morgan fingerprint density at radius 3 is 2.64 bits per heavy atom. The summed E-state index contributed by atoms with van der Waals surface area (Å²) >= 11 is 6.28. The maximum absolute atomic E-state index is 16.1. The van der Waals surface area contributed by atoms with Crippen molar-refractivity contribution in [3.63, 3.8) is 0 Å². The van der Waals surface area contributed by atoms with Crippen LogP contribution < -0.4 is 4.90 Å². The van der Waals surface area contributed by atoms with Gasteiger partial charge in [-0.05, 0) is 58.6 Å². The van der Waals surface area contributed by atoms with Crippen molar-refractivity contribution in [1.82, 2.24) is 24.6 Å². The summed E-state index contributed by atoms with van der Waals surface area (Å²) in [6.45, 7) is 1.39. The van der Waals surface area contributed by atoms with Crippen LogP contribution in [0.2, 0.25) is 5.28 Å². The van der Waals surface area contributed by atoms with Crippen LogP contribution in [-0.4, -0.2) is 56.3 Å². The summed E-state index contributed by atoms with van der Waals surface area (Å²) < 4.78 is 33.7. The van der Waals surface area contributed by atoms with Gasteiger partial charge in [-0.1, -0.05) is 24.3 Å². The Morgan fingerprint density at radius 2 is 1.85 bits per heavy atom. The topological polar surface area (TPSA) is 87.4 Å². The fraction of sp³-hybridized carbons (Fsp3) is 0.214. The average Bonchev–Trinajstić information content (AvgIpc) is 3.19. The van der Waals surface area contributed by atoms with Crippen LogP contribution in [0, 0.1) is 11.6 Å². The van der Waals surface area contributed by atoms with Gasteiger partial charge in [0.15, 0.2) is 11.5 Å². The molecular weight excluding hydrogens is 526 g/mol. The fourth-order valence-corrected chi connectivity index (χ4v) is 5.28. The quantitative estimate of drug-likeness (QED) is 0.304. The first kappa shape index (κ1) is 25.0. The van der Waals surface area contributed by atoms with E-state index in [1.165, 1.54) is 23.1 Å². The molecule has 1 aliphatic rings. The van der Waals surface area contributed by atoms with Gasteiger partial charge in [-0.2, -0.15) is 10.1 Å². The van der Waals surface area contributed by atoms with Crippen LogP contribution in [0.15, 0.2) is 48.5 Å². The number of aromatic hydroxyl groups is 1. The second kappa shape index (κ2) is 9.46. The molecule has 6 rings (SSSR count). The molecule has 0 atom stereocenters. The van der Waals surface area contributed by atoms with E-state index in [9.17, 15) is 9.90 Å². The predicted octanol–water partition coefficient (Wildman–Crippen LogP) is 5.40. The van der Waals surface area contributed by atoms with Gasteiger partial charge in [0.05, 0.1) is 17.8 Å². The first-order chi connectivity index (χ1) is 18.7. The largest absolute Gasteiger partial charge is 0.508 e. The number of anilines is 1. The van der Waals surface area contributed by atoms with Gasteiger partial charge in [-0.15, -0.1) is 0 Å². The Kier molecular flexibility index (Phi) is 6.06. The van der Waals surface area contributed by atoms with Crippen molar-refractivity contribution in [2.24, 2.45) is 0 Å². The molecule has 0 saturated carbocycles. The molecule has 0 spiro atoms. The van der Waals surface area contributed by atoms with E-state index < -0.39 is 11.6 Å². The van der Waals surface area contributed by atoms with Gasteiger partial charge >= 0.3 is 0 Å². The van der Waals surface area contributed by atoms with Gasteiger partial charge in [0.2, 0.25) is 5.28 Å². The molecule has 0 saturated heterocycles. The van der Waals surface area contributed by atoms with E-state index in [0.717, 1.165) is 5.69 Å². The highest BCUT2D eigenvalue weighted by atomic mass is 35.5. The Morgan fingerprint density at radius 1 is 1.05 bits per heavy atom. The molecule has 198 valence electrons. The summed E-state index contributed by atoms with van der Waals surface area (Å²) in [5.41, 5.74) is 0.855. The van der Waals surface area contributed by atoms with Crippen molar-refractivity contribution in [3.05, 3.63) is 76.8 Å². The van der Waals surface area contributed by atoms with Crippen LogP contribution in [0.1, 0.15) is 22.6 Å². The van der Waals surface area contributed by atoms with Gasteiger partial charge in [0.1, 0.15) is 22.9 Å². The second-order valence-electron chi connectivity index (χ2n) is 9.69. The number of carbonyl (C=O) groups is 1. The summed E-state index contributed by atoms with van der Waals surface area (Å²) in [4.78, 5) is 24.3. The van der Waals surface area contributed by atoms with Crippen LogP contribution >= 0.6 is 11.6 Å².